The lowest BCUT2D eigenvalue weighted by atomic mass is 9.81. The van der Waals surface area contributed by atoms with E-state index in [2.05, 4.69) is 49.4 Å². The molecule has 3 saturated carbocycles. The van der Waals surface area contributed by atoms with Gasteiger partial charge >= 0.3 is 0 Å². The van der Waals surface area contributed by atoms with Crippen LogP contribution in [-0.4, -0.2) is 70.8 Å². The fourth-order valence-corrected chi connectivity index (χ4v) is 10.1. The van der Waals surface area contributed by atoms with Gasteiger partial charge in [-0.25, -0.2) is 0 Å². The number of hydrogen-bond acceptors (Lipinski definition) is 5. The quantitative estimate of drug-likeness (QED) is 0.309. The first-order valence-corrected chi connectivity index (χ1v) is 18.3. The minimum Gasteiger partial charge on any atom is -0.497 e. The first-order chi connectivity index (χ1) is 22.0. The largest absolute Gasteiger partial charge is 0.497 e. The summed E-state index contributed by atoms with van der Waals surface area (Å²) >= 11 is 1.57. The Labute approximate surface area is 270 Å². The predicted octanol–water partition coefficient (Wildman–Crippen LogP) is 6.70. The molecule has 0 spiro atoms. The van der Waals surface area contributed by atoms with Gasteiger partial charge in [0.2, 0.25) is 5.91 Å². The van der Waals surface area contributed by atoms with Gasteiger partial charge in [-0.2, -0.15) is 0 Å². The molecular formula is C37H44N4O3S. The van der Waals surface area contributed by atoms with Gasteiger partial charge in [0.25, 0.3) is 5.91 Å². The lowest BCUT2D eigenvalue weighted by Crippen LogP contribution is -2.54. The molecule has 7 nitrogen and oxygen atoms in total. The normalized spacial score (nSPS) is 27.7. The Hall–Kier alpha value is -2.97. The molecule has 2 aromatic carbocycles. The highest BCUT2D eigenvalue weighted by atomic mass is 32.2. The summed E-state index contributed by atoms with van der Waals surface area (Å²) in [6.07, 6.45) is 11.9. The number of carbonyl (C=O) groups excluding carboxylic acids is 2. The summed E-state index contributed by atoms with van der Waals surface area (Å²) in [5.74, 6) is 1.82. The zero-order valence-electron chi connectivity index (χ0n) is 26.4. The molecule has 2 amide bonds. The maximum Gasteiger partial charge on any atom is 0.261 e. The summed E-state index contributed by atoms with van der Waals surface area (Å²) in [5, 5.41) is 1.81. The maximum atomic E-state index is 14.8. The Morgan fingerprint density at radius 1 is 0.956 bits per heavy atom. The van der Waals surface area contributed by atoms with Crippen molar-refractivity contribution >= 4 is 34.7 Å². The van der Waals surface area contributed by atoms with Crippen molar-refractivity contribution in [1.82, 2.24) is 19.1 Å². The minimum atomic E-state index is -0.469. The van der Waals surface area contributed by atoms with E-state index < -0.39 is 5.41 Å². The van der Waals surface area contributed by atoms with Crippen LogP contribution in [0.15, 0.2) is 36.4 Å². The molecular weight excluding hydrogens is 580 g/mol. The van der Waals surface area contributed by atoms with Crippen molar-refractivity contribution in [2.45, 2.75) is 93.9 Å². The Bertz CT molecular complexity index is 1690. The molecule has 3 unspecified atom stereocenters. The number of fused-ring (bicyclic) bond motifs is 8. The highest BCUT2D eigenvalue weighted by Gasteiger charge is 2.64. The molecule has 6 aliphatic rings. The average Bonchev–Trinajstić information content (AvgIpc) is 3.98. The van der Waals surface area contributed by atoms with Crippen LogP contribution in [0.5, 0.6) is 5.75 Å². The van der Waals surface area contributed by atoms with Crippen LogP contribution in [0.3, 0.4) is 0 Å². The molecule has 3 aliphatic heterocycles. The summed E-state index contributed by atoms with van der Waals surface area (Å²) in [7, 11) is 1.74. The van der Waals surface area contributed by atoms with Crippen molar-refractivity contribution in [3.05, 3.63) is 53.1 Å². The van der Waals surface area contributed by atoms with Crippen LogP contribution >= 0.6 is 11.9 Å². The van der Waals surface area contributed by atoms with Crippen LogP contribution in [0.1, 0.15) is 97.5 Å². The lowest BCUT2D eigenvalue weighted by Gasteiger charge is -2.39. The maximum absolute atomic E-state index is 14.8. The molecule has 1 aromatic heterocycles. The number of rotatable bonds is 6. The molecule has 8 heteroatoms. The average molecular weight is 625 g/mol. The Morgan fingerprint density at radius 3 is 2.64 bits per heavy atom. The number of methoxy groups -OCH3 is 1. The summed E-state index contributed by atoms with van der Waals surface area (Å²) in [5.41, 5.74) is 6.56. The second-order valence-corrected chi connectivity index (χ2v) is 15.7. The first-order valence-electron chi connectivity index (χ1n) is 17.4. The number of hydrogen-bond donors (Lipinski definition) is 1. The molecule has 9 rings (SSSR count). The number of piperazine rings is 1. The van der Waals surface area contributed by atoms with Crippen LogP contribution < -0.4 is 9.46 Å². The van der Waals surface area contributed by atoms with Crippen LogP contribution in [0.4, 0.5) is 0 Å². The summed E-state index contributed by atoms with van der Waals surface area (Å²) in [6, 6.07) is 13.4. The number of nitrogens with zero attached hydrogens (tertiary/aromatic N) is 3. The van der Waals surface area contributed by atoms with Gasteiger partial charge in [-0.05, 0) is 111 Å². The standard InChI is InChI=1S/C37H44N4O3S/c1-44-26-10-14-28-30(19-26)31-20-37(31,36(43)40-17-16-39-15-5-8-25(39)21-40)22-41-32-18-24(35(42)38-45-27-11-12-27)9-13-29(32)33(34(28)41)23-6-3-2-4-7-23/h9-10,13-14,18-19,23,25,27,31H,2-8,11-12,15-17,20-22H2,1H3,(H,38,42). The number of amides is 2. The van der Waals surface area contributed by atoms with Gasteiger partial charge in [-0.15, -0.1) is 0 Å². The molecule has 45 heavy (non-hydrogen) atoms. The van der Waals surface area contributed by atoms with Crippen molar-refractivity contribution in [2.75, 3.05) is 33.3 Å². The van der Waals surface area contributed by atoms with E-state index in [0.717, 1.165) is 37.3 Å². The van der Waals surface area contributed by atoms with E-state index in [0.29, 0.717) is 35.2 Å². The number of nitrogens with one attached hydrogen (secondary N) is 1. The van der Waals surface area contributed by atoms with E-state index in [1.165, 1.54) is 92.1 Å². The third-order valence-electron chi connectivity index (χ3n) is 11.9. The van der Waals surface area contributed by atoms with Gasteiger partial charge in [0.15, 0.2) is 0 Å². The van der Waals surface area contributed by atoms with Crippen molar-refractivity contribution in [2.24, 2.45) is 5.41 Å². The van der Waals surface area contributed by atoms with Gasteiger partial charge < -0.3 is 14.2 Å². The summed E-state index contributed by atoms with van der Waals surface area (Å²) in [4.78, 5) is 32.9. The number of ether oxygens (including phenoxy) is 1. The van der Waals surface area contributed by atoms with Crippen LogP contribution in [-0.2, 0) is 11.3 Å². The monoisotopic (exact) mass is 624 g/mol. The smallest absolute Gasteiger partial charge is 0.261 e. The van der Waals surface area contributed by atoms with E-state index in [9.17, 15) is 9.59 Å². The molecule has 0 bridgehead atoms. The topological polar surface area (TPSA) is 66.8 Å². The Kier molecular flexibility index (Phi) is 6.78. The van der Waals surface area contributed by atoms with Gasteiger partial charge in [0.05, 0.1) is 18.2 Å². The molecule has 2 saturated heterocycles. The van der Waals surface area contributed by atoms with Crippen LogP contribution in [0.25, 0.3) is 22.2 Å². The van der Waals surface area contributed by atoms with Gasteiger partial charge in [-0.1, -0.05) is 25.3 Å². The molecule has 0 radical (unpaired) electrons. The third kappa shape index (κ3) is 4.64. The molecule has 3 aromatic rings. The second kappa shape index (κ2) is 10.8. The predicted molar refractivity (Wildman–Crippen MR) is 179 cm³/mol. The van der Waals surface area contributed by atoms with E-state index in [4.69, 9.17) is 4.74 Å². The number of benzene rings is 2. The van der Waals surface area contributed by atoms with Gasteiger partial charge in [-0.3, -0.25) is 19.2 Å². The molecule has 5 fully saturated rings. The van der Waals surface area contributed by atoms with Crippen LogP contribution in [0.2, 0.25) is 0 Å². The Morgan fingerprint density at radius 2 is 1.82 bits per heavy atom. The number of carbonyl (C=O) groups is 2. The van der Waals surface area contributed by atoms with Crippen molar-refractivity contribution in [3.8, 4) is 17.0 Å². The fraction of sp³-hybridized carbons (Fsp3) is 0.568. The lowest BCUT2D eigenvalue weighted by molar-refractivity contribution is -0.140. The molecule has 1 N–H and O–H groups in total. The SMILES string of the molecule is COc1ccc2c(c1)C1CC1(C(=O)N1CCN3CCCC3C1)Cn1c-2c(C2CCCCC2)c2ccc(C(=O)NSC3CC3)cc21. The number of aromatic nitrogens is 1. The third-order valence-corrected chi connectivity index (χ3v) is 13.0. The Balaban J connectivity index is 1.20. The molecule has 4 heterocycles. The van der Waals surface area contributed by atoms with E-state index in [1.54, 1.807) is 19.1 Å². The molecule has 236 valence electrons. The fourth-order valence-electron chi connectivity index (χ4n) is 9.29. The van der Waals surface area contributed by atoms with Gasteiger partial charge in [0, 0.05) is 65.4 Å². The highest BCUT2D eigenvalue weighted by molar-refractivity contribution is 7.98. The molecule has 3 atom stereocenters. The molecule has 3 aliphatic carbocycles. The summed E-state index contributed by atoms with van der Waals surface area (Å²) < 4.78 is 11.4. The first kappa shape index (κ1) is 28.3. The van der Waals surface area contributed by atoms with Crippen molar-refractivity contribution < 1.29 is 14.3 Å². The van der Waals surface area contributed by atoms with Crippen molar-refractivity contribution in [1.29, 1.82) is 0 Å². The highest BCUT2D eigenvalue weighted by Crippen LogP contribution is 2.66. The van der Waals surface area contributed by atoms with Crippen LogP contribution in [0, 0.1) is 5.41 Å². The second-order valence-electron chi connectivity index (χ2n) is 14.6. The van der Waals surface area contributed by atoms with E-state index in [1.807, 2.05) is 6.07 Å². The summed E-state index contributed by atoms with van der Waals surface area (Å²) in [6.45, 7) is 4.50. The van der Waals surface area contributed by atoms with E-state index >= 15 is 0 Å². The van der Waals surface area contributed by atoms with Gasteiger partial charge in [0.1, 0.15) is 5.75 Å². The van der Waals surface area contributed by atoms with E-state index in [-0.39, 0.29) is 11.8 Å². The zero-order chi connectivity index (χ0) is 30.3. The zero-order valence-corrected chi connectivity index (χ0v) is 27.2. The van der Waals surface area contributed by atoms with Crippen molar-refractivity contribution in [3.63, 3.8) is 0 Å². The minimum absolute atomic E-state index is 0.0214.